The molecule has 2 aliphatic rings. The van der Waals surface area contributed by atoms with Crippen LogP contribution in [0, 0.1) is 0 Å². The van der Waals surface area contributed by atoms with Crippen molar-refractivity contribution in [2.45, 2.75) is 37.9 Å². The van der Waals surface area contributed by atoms with Crippen molar-refractivity contribution < 1.29 is 14.2 Å². The predicted molar refractivity (Wildman–Crippen MR) is 123 cm³/mol. The lowest BCUT2D eigenvalue weighted by Crippen LogP contribution is -2.25. The highest BCUT2D eigenvalue weighted by atomic mass is 35.5. The molecule has 0 saturated carbocycles. The summed E-state index contributed by atoms with van der Waals surface area (Å²) in [5, 5.41) is 7.11. The first-order chi connectivity index (χ1) is 15.7. The zero-order valence-corrected chi connectivity index (χ0v) is 18.5. The molecule has 5 rings (SSSR count). The quantitative estimate of drug-likeness (QED) is 0.550. The Morgan fingerprint density at radius 2 is 2.12 bits per heavy atom. The lowest BCUT2D eigenvalue weighted by molar-refractivity contribution is -0.0110. The summed E-state index contributed by atoms with van der Waals surface area (Å²) in [5.41, 5.74) is 2.16. The van der Waals surface area contributed by atoms with Gasteiger partial charge in [-0.2, -0.15) is 0 Å². The first-order valence-corrected chi connectivity index (χ1v) is 11.4. The number of benzene rings is 1. The molecule has 0 bridgehead atoms. The van der Waals surface area contributed by atoms with E-state index in [2.05, 4.69) is 25.6 Å². The molecule has 2 N–H and O–H groups in total. The Hall–Kier alpha value is -2.68. The number of pyridine rings is 1. The van der Waals surface area contributed by atoms with Gasteiger partial charge in [-0.05, 0) is 56.5 Å². The summed E-state index contributed by atoms with van der Waals surface area (Å²) >= 11 is 6.47. The Bertz CT molecular complexity index is 1070. The van der Waals surface area contributed by atoms with Gasteiger partial charge in [0.2, 0.25) is 5.88 Å². The number of hydrogen-bond donors (Lipinski definition) is 2. The molecule has 3 aromatic rings. The maximum Gasteiger partial charge on any atom is 0.214 e. The van der Waals surface area contributed by atoms with Gasteiger partial charge < -0.3 is 24.8 Å². The van der Waals surface area contributed by atoms with Crippen molar-refractivity contribution >= 4 is 34.1 Å². The van der Waals surface area contributed by atoms with Crippen LogP contribution in [0.3, 0.4) is 0 Å². The van der Waals surface area contributed by atoms with E-state index >= 15 is 0 Å². The van der Waals surface area contributed by atoms with Crippen molar-refractivity contribution in [2.75, 3.05) is 31.6 Å². The topological polar surface area (TPSA) is 90.4 Å². The Labute approximate surface area is 191 Å². The summed E-state index contributed by atoms with van der Waals surface area (Å²) in [6.07, 6.45) is 6.06. The molecule has 1 aromatic carbocycles. The molecule has 0 aliphatic carbocycles. The third-order valence-electron chi connectivity index (χ3n) is 5.65. The Morgan fingerprint density at radius 1 is 1.16 bits per heavy atom. The molecule has 2 aromatic heterocycles. The van der Waals surface area contributed by atoms with Gasteiger partial charge in [0.1, 0.15) is 30.3 Å². The van der Waals surface area contributed by atoms with Crippen LogP contribution >= 0.6 is 11.6 Å². The van der Waals surface area contributed by atoms with Gasteiger partial charge in [-0.15, -0.1) is 0 Å². The van der Waals surface area contributed by atoms with Crippen molar-refractivity contribution in [1.82, 2.24) is 20.3 Å². The van der Waals surface area contributed by atoms with Crippen molar-refractivity contribution in [1.29, 1.82) is 0 Å². The molecule has 4 heterocycles. The van der Waals surface area contributed by atoms with E-state index in [1.54, 1.807) is 0 Å². The van der Waals surface area contributed by atoms with Gasteiger partial charge in [0, 0.05) is 24.9 Å². The Kier molecular flexibility index (Phi) is 6.52. The first kappa shape index (κ1) is 21.2. The van der Waals surface area contributed by atoms with E-state index in [9.17, 15) is 0 Å². The second-order valence-corrected chi connectivity index (χ2v) is 8.45. The minimum Gasteiger partial charge on any atom is -0.489 e. The van der Waals surface area contributed by atoms with E-state index in [1.165, 1.54) is 12.7 Å². The van der Waals surface area contributed by atoms with Gasteiger partial charge >= 0.3 is 0 Å². The summed E-state index contributed by atoms with van der Waals surface area (Å²) in [4.78, 5) is 13.3. The van der Waals surface area contributed by atoms with Crippen LogP contribution in [0.25, 0.3) is 11.0 Å². The fourth-order valence-corrected chi connectivity index (χ4v) is 4.17. The van der Waals surface area contributed by atoms with Crippen LogP contribution in [0.4, 0.5) is 11.5 Å². The number of rotatable bonds is 7. The molecule has 2 saturated heterocycles. The smallest absolute Gasteiger partial charge is 0.214 e. The van der Waals surface area contributed by atoms with Crippen molar-refractivity contribution in [3.05, 3.63) is 41.7 Å². The number of aromatic nitrogens is 3. The minimum absolute atomic E-state index is 0.131. The van der Waals surface area contributed by atoms with Gasteiger partial charge in [-0.25, -0.2) is 15.0 Å². The number of ether oxygens (including phenoxy) is 3. The summed E-state index contributed by atoms with van der Waals surface area (Å²) < 4.78 is 17.6. The summed E-state index contributed by atoms with van der Waals surface area (Å²) in [6.45, 7) is 3.10. The first-order valence-electron chi connectivity index (χ1n) is 11.0. The van der Waals surface area contributed by atoms with Crippen LogP contribution in [-0.4, -0.2) is 53.5 Å². The van der Waals surface area contributed by atoms with Gasteiger partial charge in [-0.3, -0.25) is 0 Å². The van der Waals surface area contributed by atoms with Crippen LogP contribution in [-0.2, 0) is 4.74 Å². The second-order valence-electron chi connectivity index (χ2n) is 8.04. The molecule has 0 radical (unpaired) electrons. The third kappa shape index (κ3) is 5.03. The highest BCUT2D eigenvalue weighted by Crippen LogP contribution is 2.31. The van der Waals surface area contributed by atoms with Crippen LogP contribution in [0.2, 0.25) is 5.02 Å². The molecule has 0 spiro atoms. The zero-order valence-electron chi connectivity index (χ0n) is 17.7. The lowest BCUT2D eigenvalue weighted by atomic mass is 10.1. The number of halogens is 1. The molecule has 9 heteroatoms. The predicted octanol–water partition coefficient (Wildman–Crippen LogP) is 4.11. The number of nitrogens with zero attached hydrogens (tertiary/aromatic N) is 3. The maximum atomic E-state index is 6.47. The number of anilines is 2. The molecular weight excluding hydrogens is 430 g/mol. The van der Waals surface area contributed by atoms with Gasteiger partial charge in [0.05, 0.1) is 16.6 Å². The fourth-order valence-electron chi connectivity index (χ4n) is 3.93. The van der Waals surface area contributed by atoms with E-state index in [0.29, 0.717) is 34.6 Å². The Morgan fingerprint density at radius 3 is 2.94 bits per heavy atom. The molecule has 2 atom stereocenters. The van der Waals surface area contributed by atoms with Gasteiger partial charge in [0.25, 0.3) is 0 Å². The normalized spacial score (nSPS) is 20.9. The molecule has 2 aliphatic heterocycles. The largest absolute Gasteiger partial charge is 0.489 e. The number of hydrogen-bond acceptors (Lipinski definition) is 8. The summed E-state index contributed by atoms with van der Waals surface area (Å²) in [7, 11) is 0. The highest BCUT2D eigenvalue weighted by molar-refractivity contribution is 6.32. The van der Waals surface area contributed by atoms with E-state index in [0.717, 1.165) is 50.2 Å². The van der Waals surface area contributed by atoms with Crippen LogP contribution < -0.4 is 20.1 Å². The zero-order chi connectivity index (χ0) is 21.8. The fraction of sp³-hybridized carbons (Fsp3) is 0.435. The standard InChI is InChI=1S/C23H26ClN5O3/c24-18-11-15(4-6-20(18)31-13-17-3-1-2-10-30-17)28-23-22-19(26-14-27-23)5-7-21(29-22)32-16-8-9-25-12-16/h4-7,11,14,16-17,25H,1-3,8-10,12-13H2,(H,26,27,28)/t16-,17?/m0/s1. The highest BCUT2D eigenvalue weighted by Gasteiger charge is 2.18. The molecular formula is C23H26ClN5O3. The molecule has 168 valence electrons. The van der Waals surface area contributed by atoms with Crippen molar-refractivity contribution in [3.8, 4) is 11.6 Å². The van der Waals surface area contributed by atoms with E-state index < -0.39 is 0 Å². The molecule has 2 fully saturated rings. The number of nitrogens with one attached hydrogen (secondary N) is 2. The minimum atomic E-state index is 0.131. The second kappa shape index (κ2) is 9.85. The van der Waals surface area contributed by atoms with Gasteiger partial charge in [-0.1, -0.05) is 11.6 Å². The maximum absolute atomic E-state index is 6.47. The molecule has 8 nitrogen and oxygen atoms in total. The monoisotopic (exact) mass is 455 g/mol. The lowest BCUT2D eigenvalue weighted by Gasteiger charge is -2.23. The van der Waals surface area contributed by atoms with Crippen LogP contribution in [0.15, 0.2) is 36.7 Å². The summed E-state index contributed by atoms with van der Waals surface area (Å²) in [5.74, 6) is 1.79. The third-order valence-corrected chi connectivity index (χ3v) is 5.95. The molecule has 32 heavy (non-hydrogen) atoms. The average molecular weight is 456 g/mol. The van der Waals surface area contributed by atoms with Gasteiger partial charge in [0.15, 0.2) is 5.82 Å². The number of fused-ring (bicyclic) bond motifs is 1. The van der Waals surface area contributed by atoms with Crippen molar-refractivity contribution in [3.63, 3.8) is 0 Å². The van der Waals surface area contributed by atoms with E-state index in [-0.39, 0.29) is 12.2 Å². The Balaban J connectivity index is 1.30. The van der Waals surface area contributed by atoms with E-state index in [1.807, 2.05) is 30.3 Å². The van der Waals surface area contributed by atoms with Crippen molar-refractivity contribution in [2.24, 2.45) is 0 Å². The summed E-state index contributed by atoms with van der Waals surface area (Å²) in [6, 6.07) is 9.31. The van der Waals surface area contributed by atoms with E-state index in [4.69, 9.17) is 25.8 Å². The van der Waals surface area contributed by atoms with Crippen LogP contribution in [0.5, 0.6) is 11.6 Å². The SMILES string of the molecule is Clc1cc(Nc2ncnc3ccc(O[C@H]4CCNC4)nc23)ccc1OCC1CCCCO1. The van der Waals surface area contributed by atoms with Crippen LogP contribution in [0.1, 0.15) is 25.7 Å². The molecule has 1 unspecified atom stereocenters. The molecule has 0 amide bonds. The average Bonchev–Trinajstić information content (AvgIpc) is 3.33.